The molecule has 96 valence electrons. The molecule has 2 N–H and O–H groups in total. The van der Waals surface area contributed by atoms with E-state index in [-0.39, 0.29) is 12.5 Å². The van der Waals surface area contributed by atoms with E-state index in [2.05, 4.69) is 10.6 Å². The van der Waals surface area contributed by atoms with Crippen LogP contribution >= 0.6 is 0 Å². The van der Waals surface area contributed by atoms with Gasteiger partial charge in [-0.15, -0.1) is 0 Å². The lowest BCUT2D eigenvalue weighted by Crippen LogP contribution is -2.31. The fourth-order valence-electron chi connectivity index (χ4n) is 1.35. The molecule has 0 aliphatic rings. The van der Waals surface area contributed by atoms with E-state index in [4.69, 9.17) is 10.00 Å². The molecule has 0 aliphatic heterocycles. The van der Waals surface area contributed by atoms with Gasteiger partial charge in [0.2, 0.25) is 5.91 Å². The Labute approximate surface area is 107 Å². The molecule has 0 radical (unpaired) electrons. The Balaban J connectivity index is 2.23. The molecule has 18 heavy (non-hydrogen) atoms. The van der Waals surface area contributed by atoms with Crippen molar-refractivity contribution in [3.63, 3.8) is 0 Å². The average molecular weight is 247 g/mol. The van der Waals surface area contributed by atoms with Crippen molar-refractivity contribution in [2.24, 2.45) is 0 Å². The van der Waals surface area contributed by atoms with Crippen LogP contribution in [0.4, 0.5) is 5.69 Å². The molecule has 0 atom stereocenters. The molecule has 0 spiro atoms. The molecule has 0 heterocycles. The van der Waals surface area contributed by atoms with Crippen LogP contribution in [0, 0.1) is 11.3 Å². The summed E-state index contributed by atoms with van der Waals surface area (Å²) in [6.07, 6.45) is 0.805. The van der Waals surface area contributed by atoms with E-state index in [1.165, 1.54) is 0 Å². The van der Waals surface area contributed by atoms with Gasteiger partial charge in [-0.1, -0.05) is 0 Å². The van der Waals surface area contributed by atoms with E-state index in [1.807, 2.05) is 6.07 Å². The zero-order valence-electron chi connectivity index (χ0n) is 10.4. The number of anilines is 1. The standard InChI is InChI=1S/C13H17N3O2/c1-18-8-2-7-15-13(17)10-16-12-5-3-11(9-14)4-6-12/h3-6,16H,2,7-8,10H2,1H3,(H,15,17). The van der Waals surface area contributed by atoms with E-state index >= 15 is 0 Å². The van der Waals surface area contributed by atoms with Gasteiger partial charge in [-0.2, -0.15) is 5.26 Å². The Morgan fingerprint density at radius 3 is 2.72 bits per heavy atom. The molecule has 0 saturated carbocycles. The quantitative estimate of drug-likeness (QED) is 0.708. The largest absolute Gasteiger partial charge is 0.385 e. The van der Waals surface area contributed by atoms with Crippen LogP contribution in [0.25, 0.3) is 0 Å². The lowest BCUT2D eigenvalue weighted by Gasteiger charge is -2.07. The number of benzene rings is 1. The van der Waals surface area contributed by atoms with Crippen LogP contribution < -0.4 is 10.6 Å². The Kier molecular flexibility index (Phi) is 6.30. The molecule has 0 aliphatic carbocycles. The summed E-state index contributed by atoms with van der Waals surface area (Å²) < 4.78 is 4.88. The predicted molar refractivity (Wildman–Crippen MR) is 69.1 cm³/mol. The van der Waals surface area contributed by atoms with E-state index in [0.29, 0.717) is 18.7 Å². The fourth-order valence-corrected chi connectivity index (χ4v) is 1.35. The van der Waals surface area contributed by atoms with Gasteiger partial charge in [-0.05, 0) is 30.7 Å². The predicted octanol–water partition coefficient (Wildman–Crippen LogP) is 1.12. The Morgan fingerprint density at radius 2 is 2.11 bits per heavy atom. The minimum atomic E-state index is -0.0598. The van der Waals surface area contributed by atoms with Gasteiger partial charge >= 0.3 is 0 Å². The summed E-state index contributed by atoms with van der Waals surface area (Å²) in [5.41, 5.74) is 1.42. The van der Waals surface area contributed by atoms with Crippen molar-refractivity contribution in [2.75, 3.05) is 32.1 Å². The molecule has 5 nitrogen and oxygen atoms in total. The third-order valence-electron chi connectivity index (χ3n) is 2.31. The SMILES string of the molecule is COCCCNC(=O)CNc1ccc(C#N)cc1. The second-order valence-corrected chi connectivity index (χ2v) is 3.74. The molecule has 0 unspecified atom stereocenters. The third-order valence-corrected chi connectivity index (χ3v) is 2.31. The number of carbonyl (C=O) groups excluding carboxylic acids is 1. The first-order valence-electron chi connectivity index (χ1n) is 5.76. The molecule has 5 heteroatoms. The van der Waals surface area contributed by atoms with Crippen LogP contribution in [0.3, 0.4) is 0 Å². The summed E-state index contributed by atoms with van der Waals surface area (Å²) in [6.45, 7) is 1.48. The number of nitrogens with zero attached hydrogens (tertiary/aromatic N) is 1. The summed E-state index contributed by atoms with van der Waals surface area (Å²) in [5, 5.41) is 14.4. The zero-order valence-corrected chi connectivity index (χ0v) is 10.4. The van der Waals surface area contributed by atoms with Crippen molar-refractivity contribution < 1.29 is 9.53 Å². The minimum Gasteiger partial charge on any atom is -0.385 e. The van der Waals surface area contributed by atoms with Crippen molar-refractivity contribution in [1.82, 2.24) is 5.32 Å². The summed E-state index contributed by atoms with van der Waals surface area (Å²) >= 11 is 0. The monoisotopic (exact) mass is 247 g/mol. The van der Waals surface area contributed by atoms with Gasteiger partial charge < -0.3 is 15.4 Å². The summed E-state index contributed by atoms with van der Waals surface area (Å²) in [4.78, 5) is 11.4. The fraction of sp³-hybridized carbons (Fsp3) is 0.385. The maximum atomic E-state index is 11.4. The highest BCUT2D eigenvalue weighted by Crippen LogP contribution is 2.07. The lowest BCUT2D eigenvalue weighted by molar-refractivity contribution is -0.119. The Morgan fingerprint density at radius 1 is 1.39 bits per heavy atom. The summed E-state index contributed by atoms with van der Waals surface area (Å²) in [7, 11) is 1.63. The first kappa shape index (κ1) is 14.0. The van der Waals surface area contributed by atoms with Crippen molar-refractivity contribution in [1.29, 1.82) is 5.26 Å². The lowest BCUT2D eigenvalue weighted by atomic mass is 10.2. The number of hydrogen-bond acceptors (Lipinski definition) is 4. The highest BCUT2D eigenvalue weighted by Gasteiger charge is 2.00. The molecule has 0 bridgehead atoms. The van der Waals surface area contributed by atoms with Gasteiger partial charge in [-0.3, -0.25) is 4.79 Å². The van der Waals surface area contributed by atoms with Crippen molar-refractivity contribution in [3.8, 4) is 6.07 Å². The molecular formula is C13H17N3O2. The molecular weight excluding hydrogens is 230 g/mol. The normalized spacial score (nSPS) is 9.56. The first-order chi connectivity index (χ1) is 8.76. The van der Waals surface area contributed by atoms with Gasteiger partial charge in [0.1, 0.15) is 0 Å². The minimum absolute atomic E-state index is 0.0598. The van der Waals surface area contributed by atoms with Crippen molar-refractivity contribution in [2.45, 2.75) is 6.42 Å². The number of methoxy groups -OCH3 is 1. The van der Waals surface area contributed by atoms with E-state index < -0.39 is 0 Å². The maximum absolute atomic E-state index is 11.4. The molecule has 0 saturated heterocycles. The highest BCUT2D eigenvalue weighted by atomic mass is 16.5. The number of rotatable bonds is 7. The Hall–Kier alpha value is -2.06. The van der Waals surface area contributed by atoms with Crippen LogP contribution in [0.15, 0.2) is 24.3 Å². The number of nitrogens with one attached hydrogen (secondary N) is 2. The number of ether oxygens (including phenoxy) is 1. The molecule has 1 amide bonds. The van der Waals surface area contributed by atoms with Gasteiger partial charge in [0.15, 0.2) is 0 Å². The smallest absolute Gasteiger partial charge is 0.239 e. The third kappa shape index (κ3) is 5.32. The van der Waals surface area contributed by atoms with Crippen LogP contribution in [-0.2, 0) is 9.53 Å². The topological polar surface area (TPSA) is 74.2 Å². The van der Waals surface area contributed by atoms with Gasteiger partial charge in [-0.25, -0.2) is 0 Å². The van der Waals surface area contributed by atoms with Crippen molar-refractivity contribution >= 4 is 11.6 Å². The van der Waals surface area contributed by atoms with Crippen molar-refractivity contribution in [3.05, 3.63) is 29.8 Å². The highest BCUT2D eigenvalue weighted by molar-refractivity contribution is 5.80. The van der Waals surface area contributed by atoms with Gasteiger partial charge in [0.05, 0.1) is 18.2 Å². The van der Waals surface area contributed by atoms with Gasteiger partial charge in [0, 0.05) is 25.9 Å². The molecule has 0 aromatic heterocycles. The number of nitriles is 1. The van der Waals surface area contributed by atoms with Crippen LogP contribution in [0.1, 0.15) is 12.0 Å². The zero-order chi connectivity index (χ0) is 13.2. The molecule has 1 aromatic rings. The molecule has 1 rings (SSSR count). The molecule has 1 aromatic carbocycles. The average Bonchev–Trinajstić information content (AvgIpc) is 2.42. The van der Waals surface area contributed by atoms with E-state index in [9.17, 15) is 4.79 Å². The first-order valence-corrected chi connectivity index (χ1v) is 5.76. The molecule has 0 fully saturated rings. The number of amides is 1. The number of hydrogen-bond donors (Lipinski definition) is 2. The van der Waals surface area contributed by atoms with E-state index in [0.717, 1.165) is 12.1 Å². The Bertz CT molecular complexity index is 409. The number of carbonyl (C=O) groups is 1. The second kappa shape index (κ2) is 8.09. The van der Waals surface area contributed by atoms with E-state index in [1.54, 1.807) is 31.4 Å². The van der Waals surface area contributed by atoms with Crippen LogP contribution in [0.5, 0.6) is 0 Å². The summed E-state index contributed by atoms with van der Waals surface area (Å²) in [6, 6.07) is 9.00. The summed E-state index contributed by atoms with van der Waals surface area (Å²) in [5.74, 6) is -0.0598. The maximum Gasteiger partial charge on any atom is 0.239 e. The van der Waals surface area contributed by atoms with Crippen LogP contribution in [0.2, 0.25) is 0 Å². The van der Waals surface area contributed by atoms with Gasteiger partial charge in [0.25, 0.3) is 0 Å². The second-order valence-electron chi connectivity index (χ2n) is 3.74. The van der Waals surface area contributed by atoms with Crippen LogP contribution in [-0.4, -0.2) is 32.7 Å².